The van der Waals surface area contributed by atoms with Crippen molar-refractivity contribution in [2.75, 3.05) is 32.5 Å². The third-order valence-electron chi connectivity index (χ3n) is 2.31. The molecule has 0 atom stereocenters. The number of pyridine rings is 1. The molecular formula is C12H18N4O3. The minimum atomic E-state index is -0.991. The summed E-state index contributed by atoms with van der Waals surface area (Å²) in [6, 6.07) is 2.79. The van der Waals surface area contributed by atoms with Crippen LogP contribution in [0.15, 0.2) is 12.1 Å². The van der Waals surface area contributed by atoms with Gasteiger partial charge in [0.15, 0.2) is 0 Å². The normalized spacial score (nSPS) is 9.84. The number of carbonyl (C=O) groups excluding carboxylic acids is 1. The summed E-state index contributed by atoms with van der Waals surface area (Å²) >= 11 is 0. The highest BCUT2D eigenvalue weighted by atomic mass is 16.4. The molecule has 0 fully saturated rings. The first-order valence-corrected chi connectivity index (χ1v) is 5.81. The second-order valence-corrected chi connectivity index (χ2v) is 4.24. The quantitative estimate of drug-likeness (QED) is 0.684. The van der Waals surface area contributed by atoms with Crippen LogP contribution in [0.1, 0.15) is 16.1 Å². The Morgan fingerprint density at radius 3 is 2.58 bits per heavy atom. The molecule has 3 N–H and O–H groups in total. The highest BCUT2D eigenvalue weighted by Gasteiger charge is 2.06. The van der Waals surface area contributed by atoms with Gasteiger partial charge in [-0.3, -0.25) is 0 Å². The van der Waals surface area contributed by atoms with Crippen LogP contribution in [-0.4, -0.2) is 54.2 Å². The lowest BCUT2D eigenvalue weighted by molar-refractivity contribution is 0.0696. The largest absolute Gasteiger partial charge is 0.478 e. The van der Waals surface area contributed by atoms with Crippen LogP contribution in [0.4, 0.5) is 10.6 Å². The minimum Gasteiger partial charge on any atom is -0.478 e. The number of aromatic carboxylic acids is 1. The summed E-state index contributed by atoms with van der Waals surface area (Å²) in [7, 11) is 3.31. The average Bonchev–Trinajstić information content (AvgIpc) is 2.33. The van der Waals surface area contributed by atoms with Crippen LogP contribution in [0, 0.1) is 6.92 Å². The zero-order valence-corrected chi connectivity index (χ0v) is 11.2. The van der Waals surface area contributed by atoms with Gasteiger partial charge < -0.3 is 20.6 Å². The van der Waals surface area contributed by atoms with Gasteiger partial charge >= 0.3 is 12.0 Å². The monoisotopic (exact) mass is 266 g/mol. The number of hydrogen-bond donors (Lipinski definition) is 3. The smallest absolute Gasteiger partial charge is 0.335 e. The Morgan fingerprint density at radius 1 is 1.32 bits per heavy atom. The van der Waals surface area contributed by atoms with Crippen molar-refractivity contribution in [2.24, 2.45) is 0 Å². The van der Waals surface area contributed by atoms with Gasteiger partial charge in [-0.05, 0) is 19.1 Å². The predicted molar refractivity (Wildman–Crippen MR) is 71.5 cm³/mol. The van der Waals surface area contributed by atoms with Gasteiger partial charge in [0.2, 0.25) is 0 Å². The minimum absolute atomic E-state index is 0.176. The Kier molecular flexibility index (Phi) is 5.11. The van der Waals surface area contributed by atoms with Gasteiger partial charge in [0.1, 0.15) is 5.82 Å². The molecule has 0 unspecified atom stereocenters. The summed E-state index contributed by atoms with van der Waals surface area (Å²) in [6.07, 6.45) is 0. The number of urea groups is 1. The van der Waals surface area contributed by atoms with Crippen LogP contribution in [0.5, 0.6) is 0 Å². The van der Waals surface area contributed by atoms with Gasteiger partial charge in [-0.1, -0.05) is 0 Å². The topological polar surface area (TPSA) is 94.6 Å². The fourth-order valence-electron chi connectivity index (χ4n) is 1.40. The standard InChI is InChI=1S/C12H18N4O3/c1-8-6-9(11(17)18)7-10(15-8)13-4-5-14-12(19)16(2)3/h6-7H,4-5H2,1-3H3,(H,13,15)(H,14,19)(H,17,18). The maximum absolute atomic E-state index is 11.2. The molecule has 0 saturated carbocycles. The molecule has 0 saturated heterocycles. The fraction of sp³-hybridized carbons (Fsp3) is 0.417. The van der Waals surface area contributed by atoms with Gasteiger partial charge in [-0.25, -0.2) is 14.6 Å². The van der Waals surface area contributed by atoms with Gasteiger partial charge in [0, 0.05) is 32.9 Å². The summed E-state index contributed by atoms with van der Waals surface area (Å²) in [6.45, 7) is 2.62. The third kappa shape index (κ3) is 4.82. The number of hydrogen-bond acceptors (Lipinski definition) is 4. The van der Waals surface area contributed by atoms with E-state index in [0.717, 1.165) is 0 Å². The SMILES string of the molecule is Cc1cc(C(=O)O)cc(NCCNC(=O)N(C)C)n1. The molecule has 7 nitrogen and oxygen atoms in total. The van der Waals surface area contributed by atoms with Crippen molar-refractivity contribution in [1.29, 1.82) is 0 Å². The summed E-state index contributed by atoms with van der Waals surface area (Å²) < 4.78 is 0. The summed E-state index contributed by atoms with van der Waals surface area (Å²) in [5.41, 5.74) is 0.812. The summed E-state index contributed by atoms with van der Waals surface area (Å²) in [5, 5.41) is 14.6. The molecule has 0 spiro atoms. The molecule has 0 aliphatic rings. The Labute approximate surface area is 111 Å². The van der Waals surface area contributed by atoms with E-state index in [1.165, 1.54) is 17.0 Å². The maximum Gasteiger partial charge on any atom is 0.335 e. The van der Waals surface area contributed by atoms with Crippen LogP contribution in [0.25, 0.3) is 0 Å². The second kappa shape index (κ2) is 6.58. The van der Waals surface area contributed by atoms with E-state index in [0.29, 0.717) is 24.6 Å². The van der Waals surface area contributed by atoms with Crippen LogP contribution >= 0.6 is 0 Å². The van der Waals surface area contributed by atoms with E-state index in [-0.39, 0.29) is 11.6 Å². The zero-order chi connectivity index (χ0) is 14.4. The summed E-state index contributed by atoms with van der Waals surface area (Å²) in [4.78, 5) is 27.7. The highest BCUT2D eigenvalue weighted by Crippen LogP contribution is 2.09. The molecule has 104 valence electrons. The Morgan fingerprint density at radius 2 is 2.00 bits per heavy atom. The molecule has 2 amide bonds. The van der Waals surface area contributed by atoms with Crippen molar-refractivity contribution in [3.05, 3.63) is 23.4 Å². The number of carbonyl (C=O) groups is 2. The van der Waals surface area contributed by atoms with Gasteiger partial charge in [0.05, 0.1) is 5.56 Å². The number of nitrogens with zero attached hydrogens (tertiary/aromatic N) is 2. The molecule has 0 radical (unpaired) electrons. The van der Waals surface area contributed by atoms with E-state index in [1.807, 2.05) is 0 Å². The fourth-order valence-corrected chi connectivity index (χ4v) is 1.40. The van der Waals surface area contributed by atoms with Crippen LogP contribution in [0.3, 0.4) is 0 Å². The van der Waals surface area contributed by atoms with Crippen LogP contribution in [-0.2, 0) is 0 Å². The van der Waals surface area contributed by atoms with Crippen molar-refractivity contribution in [3.8, 4) is 0 Å². The average molecular weight is 266 g/mol. The first kappa shape index (κ1) is 14.7. The number of aromatic nitrogens is 1. The number of nitrogens with one attached hydrogen (secondary N) is 2. The number of amides is 2. The second-order valence-electron chi connectivity index (χ2n) is 4.24. The number of rotatable bonds is 5. The molecule has 1 rings (SSSR count). The van der Waals surface area contributed by atoms with E-state index in [2.05, 4.69) is 15.6 Å². The van der Waals surface area contributed by atoms with E-state index in [1.54, 1.807) is 21.0 Å². The molecular weight excluding hydrogens is 248 g/mol. The zero-order valence-electron chi connectivity index (χ0n) is 11.2. The van der Waals surface area contributed by atoms with Crippen molar-refractivity contribution in [1.82, 2.24) is 15.2 Å². The van der Waals surface area contributed by atoms with Gasteiger partial charge in [-0.15, -0.1) is 0 Å². The lowest BCUT2D eigenvalue weighted by atomic mass is 10.2. The maximum atomic E-state index is 11.2. The van der Waals surface area contributed by atoms with Crippen molar-refractivity contribution in [3.63, 3.8) is 0 Å². The van der Waals surface area contributed by atoms with Crippen molar-refractivity contribution < 1.29 is 14.7 Å². The molecule has 0 aliphatic carbocycles. The van der Waals surface area contributed by atoms with Crippen LogP contribution < -0.4 is 10.6 Å². The first-order chi connectivity index (χ1) is 8.90. The van der Waals surface area contributed by atoms with E-state index < -0.39 is 5.97 Å². The predicted octanol–water partition coefficient (Wildman–Crippen LogP) is 0.771. The Balaban J connectivity index is 2.49. The lowest BCUT2D eigenvalue weighted by Crippen LogP contribution is -2.37. The molecule has 1 aromatic heterocycles. The molecule has 1 heterocycles. The van der Waals surface area contributed by atoms with Crippen LogP contribution in [0.2, 0.25) is 0 Å². The lowest BCUT2D eigenvalue weighted by Gasteiger charge is -2.12. The molecule has 19 heavy (non-hydrogen) atoms. The molecule has 7 heteroatoms. The molecule has 0 aromatic carbocycles. The number of carboxylic acid groups (broad SMARTS) is 1. The van der Waals surface area contributed by atoms with E-state index in [4.69, 9.17) is 5.11 Å². The van der Waals surface area contributed by atoms with E-state index >= 15 is 0 Å². The van der Waals surface area contributed by atoms with Gasteiger partial charge in [-0.2, -0.15) is 0 Å². The number of aryl methyl sites for hydroxylation is 1. The van der Waals surface area contributed by atoms with Crippen molar-refractivity contribution in [2.45, 2.75) is 6.92 Å². The Hall–Kier alpha value is -2.31. The third-order valence-corrected chi connectivity index (χ3v) is 2.31. The first-order valence-electron chi connectivity index (χ1n) is 5.81. The summed E-state index contributed by atoms with van der Waals surface area (Å²) in [5.74, 6) is -0.508. The Bertz CT molecular complexity index is 474. The van der Waals surface area contributed by atoms with Crippen molar-refractivity contribution >= 4 is 17.8 Å². The molecule has 1 aromatic rings. The number of carboxylic acids is 1. The number of anilines is 1. The highest BCUT2D eigenvalue weighted by molar-refractivity contribution is 5.88. The molecule has 0 bridgehead atoms. The van der Waals surface area contributed by atoms with Gasteiger partial charge in [0.25, 0.3) is 0 Å². The molecule has 0 aliphatic heterocycles. The van der Waals surface area contributed by atoms with E-state index in [9.17, 15) is 9.59 Å².